The minimum Gasteiger partial charge on any atom is -0.294 e. The minimum atomic E-state index is -0.438. The van der Waals surface area contributed by atoms with Crippen LogP contribution in [0.3, 0.4) is 0 Å². The minimum absolute atomic E-state index is 0.356. The Morgan fingerprint density at radius 2 is 2.08 bits per heavy atom. The number of rotatable bonds is 3. The van der Waals surface area contributed by atoms with E-state index < -0.39 is 5.78 Å². The Morgan fingerprint density at radius 3 is 2.67 bits per heavy atom. The van der Waals surface area contributed by atoms with Crippen LogP contribution in [0.4, 0.5) is 0 Å². The molecular formula is C10H10O2. The van der Waals surface area contributed by atoms with E-state index in [2.05, 4.69) is 0 Å². The summed E-state index contributed by atoms with van der Waals surface area (Å²) < 4.78 is 0. The molecule has 62 valence electrons. The molecule has 0 bridgehead atoms. The molecule has 0 saturated heterocycles. The van der Waals surface area contributed by atoms with Crippen molar-refractivity contribution in [3.05, 3.63) is 35.4 Å². The van der Waals surface area contributed by atoms with Gasteiger partial charge in [-0.05, 0) is 12.0 Å². The van der Waals surface area contributed by atoms with E-state index in [1.165, 1.54) is 0 Å². The molecule has 0 heterocycles. The van der Waals surface area contributed by atoms with Crippen LogP contribution in [0.2, 0.25) is 0 Å². The summed E-state index contributed by atoms with van der Waals surface area (Å²) in [5, 5.41) is 0. The van der Waals surface area contributed by atoms with E-state index in [1.807, 2.05) is 19.1 Å². The van der Waals surface area contributed by atoms with E-state index in [-0.39, 0.29) is 0 Å². The number of hydrogen-bond acceptors (Lipinski definition) is 2. The molecule has 0 aliphatic rings. The van der Waals surface area contributed by atoms with Crippen molar-refractivity contribution in [2.75, 3.05) is 0 Å². The van der Waals surface area contributed by atoms with Crippen LogP contribution in [-0.4, -0.2) is 12.1 Å². The van der Waals surface area contributed by atoms with Gasteiger partial charge in [0.2, 0.25) is 5.78 Å². The fraction of sp³-hybridized carbons (Fsp3) is 0.200. The van der Waals surface area contributed by atoms with E-state index in [1.54, 1.807) is 12.1 Å². The second kappa shape index (κ2) is 3.81. The summed E-state index contributed by atoms with van der Waals surface area (Å²) in [6.07, 6.45) is 1.13. The average molecular weight is 162 g/mol. The van der Waals surface area contributed by atoms with Crippen LogP contribution < -0.4 is 0 Å². The van der Waals surface area contributed by atoms with Crippen LogP contribution in [0.25, 0.3) is 0 Å². The van der Waals surface area contributed by atoms with E-state index >= 15 is 0 Å². The van der Waals surface area contributed by atoms with Crippen molar-refractivity contribution in [3.8, 4) is 0 Å². The van der Waals surface area contributed by atoms with E-state index in [0.29, 0.717) is 11.8 Å². The summed E-state index contributed by atoms with van der Waals surface area (Å²) in [7, 11) is 0. The third-order valence-electron chi connectivity index (χ3n) is 1.77. The molecule has 12 heavy (non-hydrogen) atoms. The maximum atomic E-state index is 11.0. The molecule has 2 heteroatoms. The highest BCUT2D eigenvalue weighted by Crippen LogP contribution is 2.08. The fourth-order valence-electron chi connectivity index (χ4n) is 1.13. The Labute approximate surface area is 71.2 Å². The number of carbonyl (C=O) groups excluding carboxylic acids is 2. The highest BCUT2D eigenvalue weighted by molar-refractivity contribution is 6.33. The van der Waals surface area contributed by atoms with E-state index in [0.717, 1.165) is 12.0 Å². The zero-order valence-electron chi connectivity index (χ0n) is 6.91. The fourth-order valence-corrected chi connectivity index (χ4v) is 1.13. The molecule has 2 nitrogen and oxygen atoms in total. The summed E-state index contributed by atoms with van der Waals surface area (Å²) in [5.74, 6) is -0.438. The van der Waals surface area contributed by atoms with Gasteiger partial charge >= 0.3 is 0 Å². The topological polar surface area (TPSA) is 34.1 Å². The average Bonchev–Trinajstić information content (AvgIpc) is 2.16. The molecule has 0 saturated carbocycles. The quantitative estimate of drug-likeness (QED) is 0.384. The Kier molecular flexibility index (Phi) is 2.75. The first-order chi connectivity index (χ1) is 5.79. The van der Waals surface area contributed by atoms with Gasteiger partial charge in [-0.15, -0.1) is 0 Å². The monoisotopic (exact) mass is 162 g/mol. The Balaban J connectivity index is 3.13. The van der Waals surface area contributed by atoms with Crippen molar-refractivity contribution in [1.29, 1.82) is 0 Å². The molecule has 1 aromatic carbocycles. The number of ketones is 1. The maximum absolute atomic E-state index is 11.0. The lowest BCUT2D eigenvalue weighted by Crippen LogP contribution is -2.03. The lowest BCUT2D eigenvalue weighted by molar-refractivity contribution is -0.104. The van der Waals surface area contributed by atoms with Gasteiger partial charge in [-0.2, -0.15) is 0 Å². The summed E-state index contributed by atoms with van der Waals surface area (Å²) >= 11 is 0. The zero-order valence-corrected chi connectivity index (χ0v) is 6.91. The standard InChI is InChI=1S/C10H10O2/c1-2-8-5-3-4-6-9(8)10(12)7-11/h3-7H,2H2,1H3. The largest absolute Gasteiger partial charge is 0.294 e. The molecular weight excluding hydrogens is 152 g/mol. The SMILES string of the molecule is CCc1ccccc1C(=O)C=O. The van der Waals surface area contributed by atoms with Gasteiger partial charge in [-0.3, -0.25) is 9.59 Å². The summed E-state index contributed by atoms with van der Waals surface area (Å²) in [5.41, 5.74) is 1.45. The summed E-state index contributed by atoms with van der Waals surface area (Å²) in [6.45, 7) is 1.96. The molecule has 0 aliphatic heterocycles. The normalized spacial score (nSPS) is 9.42. The first-order valence-corrected chi connectivity index (χ1v) is 3.87. The van der Waals surface area contributed by atoms with Crippen molar-refractivity contribution in [2.45, 2.75) is 13.3 Å². The molecule has 0 fully saturated rings. The molecule has 0 aliphatic carbocycles. The van der Waals surface area contributed by atoms with Crippen molar-refractivity contribution in [2.24, 2.45) is 0 Å². The lowest BCUT2D eigenvalue weighted by Gasteiger charge is -2.00. The Bertz CT molecular complexity index is 302. The van der Waals surface area contributed by atoms with Gasteiger partial charge in [0.05, 0.1) is 0 Å². The number of carbonyl (C=O) groups is 2. The molecule has 0 atom stereocenters. The van der Waals surface area contributed by atoms with Gasteiger partial charge in [-0.25, -0.2) is 0 Å². The zero-order chi connectivity index (χ0) is 8.97. The van der Waals surface area contributed by atoms with Crippen LogP contribution in [0.15, 0.2) is 24.3 Å². The molecule has 0 spiro atoms. The first-order valence-electron chi connectivity index (χ1n) is 3.87. The van der Waals surface area contributed by atoms with Gasteiger partial charge in [0, 0.05) is 5.56 Å². The molecule has 1 rings (SSSR count). The van der Waals surface area contributed by atoms with Crippen molar-refractivity contribution in [1.82, 2.24) is 0 Å². The molecule has 0 unspecified atom stereocenters. The number of hydrogen-bond donors (Lipinski definition) is 0. The van der Waals surface area contributed by atoms with E-state index in [9.17, 15) is 9.59 Å². The highest BCUT2D eigenvalue weighted by Gasteiger charge is 2.06. The lowest BCUT2D eigenvalue weighted by atomic mass is 10.0. The number of benzene rings is 1. The van der Waals surface area contributed by atoms with Crippen LogP contribution in [0.5, 0.6) is 0 Å². The van der Waals surface area contributed by atoms with Crippen molar-refractivity contribution in [3.63, 3.8) is 0 Å². The number of Topliss-reactive ketones (excluding diaryl/α,β-unsaturated/α-hetero) is 1. The number of aryl methyl sites for hydroxylation is 1. The number of aldehydes is 1. The maximum Gasteiger partial charge on any atom is 0.225 e. The second-order valence-corrected chi connectivity index (χ2v) is 2.49. The molecule has 1 aromatic rings. The molecule has 0 N–H and O–H groups in total. The summed E-state index contributed by atoms with van der Waals surface area (Å²) in [4.78, 5) is 21.2. The third-order valence-corrected chi connectivity index (χ3v) is 1.77. The first kappa shape index (κ1) is 8.65. The summed E-state index contributed by atoms with van der Waals surface area (Å²) in [6, 6.07) is 7.16. The van der Waals surface area contributed by atoms with Gasteiger partial charge in [0.15, 0.2) is 6.29 Å². The molecule has 0 amide bonds. The van der Waals surface area contributed by atoms with Crippen LogP contribution in [0, 0.1) is 0 Å². The van der Waals surface area contributed by atoms with Gasteiger partial charge < -0.3 is 0 Å². The molecule has 0 radical (unpaired) electrons. The van der Waals surface area contributed by atoms with Gasteiger partial charge in [-0.1, -0.05) is 31.2 Å². The predicted octanol–water partition coefficient (Wildman–Crippen LogP) is 1.63. The van der Waals surface area contributed by atoms with Gasteiger partial charge in [0.1, 0.15) is 0 Å². The Morgan fingerprint density at radius 1 is 1.42 bits per heavy atom. The Hall–Kier alpha value is -1.44. The van der Waals surface area contributed by atoms with Crippen LogP contribution in [0.1, 0.15) is 22.8 Å². The smallest absolute Gasteiger partial charge is 0.225 e. The second-order valence-electron chi connectivity index (χ2n) is 2.49. The van der Waals surface area contributed by atoms with E-state index in [4.69, 9.17) is 0 Å². The van der Waals surface area contributed by atoms with Crippen molar-refractivity contribution < 1.29 is 9.59 Å². The van der Waals surface area contributed by atoms with Crippen molar-refractivity contribution >= 4 is 12.1 Å². The van der Waals surface area contributed by atoms with Crippen LogP contribution >= 0.6 is 0 Å². The predicted molar refractivity (Wildman–Crippen MR) is 46.2 cm³/mol. The molecule has 0 aromatic heterocycles. The van der Waals surface area contributed by atoms with Gasteiger partial charge in [0.25, 0.3) is 0 Å². The van der Waals surface area contributed by atoms with Crippen LogP contribution in [-0.2, 0) is 11.2 Å². The third kappa shape index (κ3) is 1.59. The highest BCUT2D eigenvalue weighted by atomic mass is 16.2.